The Kier molecular flexibility index (Phi) is 3.62. The molecule has 0 fully saturated rings. The van der Waals surface area contributed by atoms with E-state index in [1.54, 1.807) is 17.4 Å². The van der Waals surface area contributed by atoms with Crippen molar-refractivity contribution >= 4 is 28.2 Å². The van der Waals surface area contributed by atoms with Crippen molar-refractivity contribution in [2.24, 2.45) is 0 Å². The second kappa shape index (κ2) is 5.57. The molecule has 1 aromatic carbocycles. The van der Waals surface area contributed by atoms with Crippen molar-refractivity contribution in [3.05, 3.63) is 46.1 Å². The second-order valence-electron chi connectivity index (χ2n) is 4.50. The number of amides is 1. The summed E-state index contributed by atoms with van der Waals surface area (Å²) in [4.78, 5) is 16.6. The number of rotatable bonds is 4. The van der Waals surface area contributed by atoms with Gasteiger partial charge in [-0.05, 0) is 19.1 Å². The summed E-state index contributed by atoms with van der Waals surface area (Å²) in [5, 5.41) is 6.48. The van der Waals surface area contributed by atoms with Gasteiger partial charge < -0.3 is 14.5 Å². The minimum absolute atomic E-state index is 0.186. The fourth-order valence-electron chi connectivity index (χ4n) is 2.11. The number of nitrogens with one attached hydrogen (secondary N) is 1. The van der Waals surface area contributed by atoms with E-state index in [4.69, 9.17) is 9.15 Å². The van der Waals surface area contributed by atoms with Crippen molar-refractivity contribution in [1.29, 1.82) is 0 Å². The Morgan fingerprint density at radius 2 is 2.24 bits per heavy atom. The minimum Gasteiger partial charge on any atom is -0.492 e. The monoisotopic (exact) mass is 302 g/mol. The average Bonchev–Trinajstić information content (AvgIpc) is 3.07. The number of para-hydroxylation sites is 1. The van der Waals surface area contributed by atoms with Crippen LogP contribution in [0.25, 0.3) is 11.0 Å². The number of aromatic nitrogens is 1. The van der Waals surface area contributed by atoms with Gasteiger partial charge in [-0.25, -0.2) is 4.98 Å². The molecule has 6 heteroatoms. The molecule has 108 valence electrons. The predicted molar refractivity (Wildman–Crippen MR) is 80.8 cm³/mol. The highest BCUT2D eigenvalue weighted by molar-refractivity contribution is 7.09. The van der Waals surface area contributed by atoms with Crippen LogP contribution in [0.4, 0.5) is 0 Å². The Morgan fingerprint density at radius 1 is 1.43 bits per heavy atom. The first kappa shape index (κ1) is 13.6. The van der Waals surface area contributed by atoms with Crippen LogP contribution in [0, 0.1) is 6.92 Å². The second-order valence-corrected chi connectivity index (χ2v) is 5.56. The number of ether oxygens (including phenoxy) is 1. The van der Waals surface area contributed by atoms with Crippen molar-refractivity contribution in [2.45, 2.75) is 13.5 Å². The summed E-state index contributed by atoms with van der Waals surface area (Å²) in [6.45, 7) is 2.29. The van der Waals surface area contributed by atoms with Gasteiger partial charge in [-0.15, -0.1) is 11.3 Å². The van der Waals surface area contributed by atoms with Crippen LogP contribution in [0.1, 0.15) is 21.3 Å². The molecule has 0 aliphatic rings. The molecule has 0 radical (unpaired) electrons. The molecule has 3 rings (SSSR count). The Morgan fingerprint density at radius 3 is 2.95 bits per heavy atom. The number of furan rings is 1. The minimum atomic E-state index is -0.311. The third kappa shape index (κ3) is 2.62. The van der Waals surface area contributed by atoms with Gasteiger partial charge in [0, 0.05) is 5.38 Å². The average molecular weight is 302 g/mol. The van der Waals surface area contributed by atoms with Gasteiger partial charge in [0.15, 0.2) is 5.75 Å². The molecule has 3 aromatic rings. The Bertz CT molecular complexity index is 791. The van der Waals surface area contributed by atoms with E-state index < -0.39 is 0 Å². The summed E-state index contributed by atoms with van der Waals surface area (Å²) in [5.41, 5.74) is 1.46. The van der Waals surface area contributed by atoms with Gasteiger partial charge in [0.05, 0.1) is 29.7 Å². The Hall–Kier alpha value is -2.34. The van der Waals surface area contributed by atoms with Crippen molar-refractivity contribution in [3.8, 4) is 5.75 Å². The molecule has 0 saturated carbocycles. The lowest BCUT2D eigenvalue weighted by atomic mass is 10.2. The van der Waals surface area contributed by atoms with E-state index in [0.717, 1.165) is 16.1 Å². The van der Waals surface area contributed by atoms with Crippen molar-refractivity contribution < 1.29 is 13.9 Å². The maximum atomic E-state index is 12.3. The zero-order chi connectivity index (χ0) is 14.8. The summed E-state index contributed by atoms with van der Waals surface area (Å²) in [6.07, 6.45) is 0. The van der Waals surface area contributed by atoms with Crippen LogP contribution in [0.3, 0.4) is 0 Å². The van der Waals surface area contributed by atoms with E-state index in [2.05, 4.69) is 10.3 Å². The fraction of sp³-hybridized carbons (Fsp3) is 0.200. The summed E-state index contributed by atoms with van der Waals surface area (Å²) >= 11 is 1.55. The molecule has 2 aromatic heterocycles. The third-order valence-corrected chi connectivity index (χ3v) is 3.88. The lowest BCUT2D eigenvalue weighted by Gasteiger charge is -2.03. The van der Waals surface area contributed by atoms with Crippen LogP contribution in [0.2, 0.25) is 0 Å². The van der Waals surface area contributed by atoms with Crippen LogP contribution in [-0.2, 0) is 6.54 Å². The molecule has 1 amide bonds. The molecular formula is C15H14N2O3S. The van der Waals surface area contributed by atoms with Gasteiger partial charge in [0.2, 0.25) is 5.76 Å². The van der Waals surface area contributed by atoms with E-state index in [9.17, 15) is 4.79 Å². The maximum absolute atomic E-state index is 12.3. The molecular weight excluding hydrogens is 288 g/mol. The smallest absolute Gasteiger partial charge is 0.291 e. The SMILES string of the molecule is COc1c(C(=O)NCc2csc(C)n2)oc2ccccc12. The molecule has 0 atom stereocenters. The number of hydrogen-bond acceptors (Lipinski definition) is 5. The van der Waals surface area contributed by atoms with E-state index in [1.807, 2.05) is 30.5 Å². The Labute approximate surface area is 125 Å². The van der Waals surface area contributed by atoms with Gasteiger partial charge in [0.1, 0.15) is 5.58 Å². The lowest BCUT2D eigenvalue weighted by molar-refractivity contribution is 0.0920. The highest BCUT2D eigenvalue weighted by Crippen LogP contribution is 2.32. The number of thiazole rings is 1. The molecule has 0 bridgehead atoms. The molecule has 0 aliphatic heterocycles. The summed E-state index contributed by atoms with van der Waals surface area (Å²) < 4.78 is 10.9. The van der Waals surface area contributed by atoms with E-state index in [0.29, 0.717) is 17.9 Å². The van der Waals surface area contributed by atoms with E-state index in [-0.39, 0.29) is 11.7 Å². The molecule has 0 aliphatic carbocycles. The first-order valence-corrected chi connectivity index (χ1v) is 7.31. The van der Waals surface area contributed by atoms with Crippen LogP contribution >= 0.6 is 11.3 Å². The number of fused-ring (bicyclic) bond motifs is 1. The Balaban J connectivity index is 1.84. The summed E-state index contributed by atoms with van der Waals surface area (Å²) in [7, 11) is 1.53. The van der Waals surface area contributed by atoms with Gasteiger partial charge >= 0.3 is 0 Å². The van der Waals surface area contributed by atoms with Gasteiger partial charge in [-0.1, -0.05) is 12.1 Å². The fourth-order valence-corrected chi connectivity index (χ4v) is 2.73. The molecule has 0 saturated heterocycles. The number of hydrogen-bond donors (Lipinski definition) is 1. The number of nitrogens with zero attached hydrogens (tertiary/aromatic N) is 1. The first-order chi connectivity index (χ1) is 10.2. The van der Waals surface area contributed by atoms with Crippen molar-refractivity contribution in [3.63, 3.8) is 0 Å². The quantitative estimate of drug-likeness (QED) is 0.804. The molecule has 21 heavy (non-hydrogen) atoms. The zero-order valence-corrected chi connectivity index (χ0v) is 12.5. The number of methoxy groups -OCH3 is 1. The predicted octanol–water partition coefficient (Wildman–Crippen LogP) is 3.14. The normalized spacial score (nSPS) is 10.8. The van der Waals surface area contributed by atoms with Crippen LogP contribution in [0.5, 0.6) is 5.75 Å². The number of carbonyl (C=O) groups excluding carboxylic acids is 1. The number of aryl methyl sites for hydroxylation is 1. The largest absolute Gasteiger partial charge is 0.492 e. The summed E-state index contributed by atoms with van der Waals surface area (Å²) in [5.74, 6) is 0.330. The molecule has 1 N–H and O–H groups in total. The maximum Gasteiger partial charge on any atom is 0.291 e. The summed E-state index contributed by atoms with van der Waals surface area (Å²) in [6, 6.07) is 7.39. The van der Waals surface area contributed by atoms with Gasteiger partial charge in [0.25, 0.3) is 5.91 Å². The number of benzene rings is 1. The third-order valence-electron chi connectivity index (χ3n) is 3.06. The highest BCUT2D eigenvalue weighted by atomic mass is 32.1. The number of carbonyl (C=O) groups is 1. The van der Waals surface area contributed by atoms with Gasteiger partial charge in [-0.3, -0.25) is 4.79 Å². The van der Waals surface area contributed by atoms with Crippen molar-refractivity contribution in [2.75, 3.05) is 7.11 Å². The van der Waals surface area contributed by atoms with E-state index >= 15 is 0 Å². The molecule has 5 nitrogen and oxygen atoms in total. The van der Waals surface area contributed by atoms with Crippen LogP contribution < -0.4 is 10.1 Å². The highest BCUT2D eigenvalue weighted by Gasteiger charge is 2.21. The van der Waals surface area contributed by atoms with Gasteiger partial charge in [-0.2, -0.15) is 0 Å². The lowest BCUT2D eigenvalue weighted by Crippen LogP contribution is -2.22. The molecule has 0 spiro atoms. The van der Waals surface area contributed by atoms with Crippen LogP contribution in [0.15, 0.2) is 34.1 Å². The zero-order valence-electron chi connectivity index (χ0n) is 11.7. The standard InChI is InChI=1S/C15H14N2O3S/c1-9-17-10(8-21-9)7-16-15(18)14-13(19-2)11-5-3-4-6-12(11)20-14/h3-6,8H,7H2,1-2H3,(H,16,18). The molecule has 0 unspecified atom stereocenters. The molecule has 2 heterocycles. The topological polar surface area (TPSA) is 64.4 Å². The van der Waals surface area contributed by atoms with Crippen LogP contribution in [-0.4, -0.2) is 18.0 Å². The first-order valence-electron chi connectivity index (χ1n) is 6.43. The van der Waals surface area contributed by atoms with Crippen molar-refractivity contribution in [1.82, 2.24) is 10.3 Å². The van der Waals surface area contributed by atoms with E-state index in [1.165, 1.54) is 7.11 Å².